The van der Waals surface area contributed by atoms with Gasteiger partial charge in [-0.3, -0.25) is 0 Å². The van der Waals surface area contributed by atoms with E-state index in [1.54, 1.807) is 6.07 Å². The van der Waals surface area contributed by atoms with Crippen LogP contribution in [-0.2, 0) is 0 Å². The molecule has 1 heterocycles. The molecule has 0 unspecified atom stereocenters. The Morgan fingerprint density at radius 2 is 2.26 bits per heavy atom. The fourth-order valence-corrected chi connectivity index (χ4v) is 2.92. The first kappa shape index (κ1) is 17.5. The van der Waals surface area contributed by atoms with E-state index in [0.717, 1.165) is 26.1 Å². The molecule has 1 saturated heterocycles. The van der Waals surface area contributed by atoms with E-state index in [4.69, 9.17) is 4.74 Å². The number of likely N-dealkylation sites (tertiary alicyclic amines) is 1. The summed E-state index contributed by atoms with van der Waals surface area (Å²) in [5.74, 6) is 0.805. The molecule has 6 heteroatoms. The molecule has 0 saturated carbocycles. The molecule has 0 aliphatic carbocycles. The standard InChI is InChI=1S/C17H26FN3O2/c1-12(2)10-21-7-6-13(11-21)9-19-17(22)20-14-4-5-16(23-3)15(18)8-14/h4-5,8,12-13H,6-7,9-11H2,1-3H3,(H2,19,20,22)/t13-/m1/s1. The van der Waals surface area contributed by atoms with Crippen LogP contribution in [0.1, 0.15) is 20.3 Å². The van der Waals surface area contributed by atoms with Crippen molar-refractivity contribution in [2.24, 2.45) is 11.8 Å². The van der Waals surface area contributed by atoms with E-state index in [9.17, 15) is 9.18 Å². The maximum atomic E-state index is 13.6. The first-order valence-corrected chi connectivity index (χ1v) is 8.08. The van der Waals surface area contributed by atoms with E-state index in [1.807, 2.05) is 0 Å². The zero-order chi connectivity index (χ0) is 16.8. The molecule has 128 valence electrons. The Labute approximate surface area is 137 Å². The molecule has 0 spiro atoms. The van der Waals surface area contributed by atoms with Crippen molar-refractivity contribution in [3.8, 4) is 5.75 Å². The minimum atomic E-state index is -0.495. The Balaban J connectivity index is 1.74. The molecule has 5 nitrogen and oxygen atoms in total. The third-order valence-corrected chi connectivity index (χ3v) is 3.95. The largest absolute Gasteiger partial charge is 0.494 e. The molecule has 1 atom stereocenters. The summed E-state index contributed by atoms with van der Waals surface area (Å²) < 4.78 is 18.4. The number of halogens is 1. The van der Waals surface area contributed by atoms with Gasteiger partial charge in [-0.05, 0) is 36.9 Å². The number of hydrogen-bond donors (Lipinski definition) is 2. The van der Waals surface area contributed by atoms with E-state index < -0.39 is 5.82 Å². The summed E-state index contributed by atoms with van der Waals surface area (Å²) in [4.78, 5) is 14.3. The number of nitrogens with zero attached hydrogens (tertiary/aromatic N) is 1. The van der Waals surface area contributed by atoms with Crippen LogP contribution in [-0.4, -0.2) is 44.2 Å². The number of methoxy groups -OCH3 is 1. The topological polar surface area (TPSA) is 53.6 Å². The van der Waals surface area contributed by atoms with Crippen molar-refractivity contribution in [1.29, 1.82) is 0 Å². The molecule has 2 N–H and O–H groups in total. The van der Waals surface area contributed by atoms with E-state index in [0.29, 0.717) is 24.1 Å². The van der Waals surface area contributed by atoms with Crippen LogP contribution in [0.4, 0.5) is 14.9 Å². The number of ether oxygens (including phenoxy) is 1. The molecule has 1 fully saturated rings. The van der Waals surface area contributed by atoms with Crippen molar-refractivity contribution in [3.63, 3.8) is 0 Å². The van der Waals surface area contributed by atoms with Crippen molar-refractivity contribution >= 4 is 11.7 Å². The van der Waals surface area contributed by atoms with E-state index >= 15 is 0 Å². The summed E-state index contributed by atoms with van der Waals surface area (Å²) in [7, 11) is 1.41. The second-order valence-electron chi connectivity index (χ2n) is 6.49. The van der Waals surface area contributed by atoms with Crippen LogP contribution in [0.5, 0.6) is 5.75 Å². The smallest absolute Gasteiger partial charge is 0.319 e. The molecule has 1 aromatic carbocycles. The zero-order valence-electron chi connectivity index (χ0n) is 14.1. The highest BCUT2D eigenvalue weighted by atomic mass is 19.1. The predicted octanol–water partition coefficient (Wildman–Crippen LogP) is 2.93. The minimum Gasteiger partial charge on any atom is -0.494 e. The Morgan fingerprint density at radius 3 is 2.91 bits per heavy atom. The lowest BCUT2D eigenvalue weighted by atomic mass is 10.1. The van der Waals surface area contributed by atoms with Gasteiger partial charge in [-0.15, -0.1) is 0 Å². The maximum absolute atomic E-state index is 13.6. The van der Waals surface area contributed by atoms with Crippen LogP contribution in [0.2, 0.25) is 0 Å². The zero-order valence-corrected chi connectivity index (χ0v) is 14.1. The highest BCUT2D eigenvalue weighted by Crippen LogP contribution is 2.20. The monoisotopic (exact) mass is 323 g/mol. The first-order valence-electron chi connectivity index (χ1n) is 8.08. The molecular formula is C17H26FN3O2. The van der Waals surface area contributed by atoms with Gasteiger partial charge < -0.3 is 20.3 Å². The summed E-state index contributed by atoms with van der Waals surface area (Å²) in [5, 5.41) is 5.51. The molecule has 1 aliphatic rings. The van der Waals surface area contributed by atoms with Crippen LogP contribution in [0, 0.1) is 17.7 Å². The van der Waals surface area contributed by atoms with Gasteiger partial charge in [-0.25, -0.2) is 9.18 Å². The number of rotatable bonds is 6. The third kappa shape index (κ3) is 5.39. The van der Waals surface area contributed by atoms with Gasteiger partial charge in [0.05, 0.1) is 7.11 Å². The lowest BCUT2D eigenvalue weighted by Crippen LogP contribution is -2.34. The summed E-state index contributed by atoms with van der Waals surface area (Å²) in [5.41, 5.74) is 0.411. The summed E-state index contributed by atoms with van der Waals surface area (Å²) in [6, 6.07) is 4.04. The molecule has 0 aromatic heterocycles. The van der Waals surface area contributed by atoms with Gasteiger partial charge in [0, 0.05) is 31.4 Å². The van der Waals surface area contributed by atoms with Crippen molar-refractivity contribution in [2.75, 3.05) is 38.6 Å². The molecule has 2 rings (SSSR count). The number of urea groups is 1. The molecular weight excluding hydrogens is 297 g/mol. The fourth-order valence-electron chi connectivity index (χ4n) is 2.92. The van der Waals surface area contributed by atoms with Gasteiger partial charge in [0.25, 0.3) is 0 Å². The second-order valence-corrected chi connectivity index (χ2v) is 6.49. The summed E-state index contributed by atoms with van der Waals surface area (Å²) >= 11 is 0. The summed E-state index contributed by atoms with van der Waals surface area (Å²) in [6.45, 7) is 8.29. The van der Waals surface area contributed by atoms with Gasteiger partial charge in [0.2, 0.25) is 0 Å². The van der Waals surface area contributed by atoms with Gasteiger partial charge >= 0.3 is 6.03 Å². The van der Waals surface area contributed by atoms with Crippen molar-refractivity contribution < 1.29 is 13.9 Å². The maximum Gasteiger partial charge on any atom is 0.319 e. The number of carbonyl (C=O) groups is 1. The van der Waals surface area contributed by atoms with E-state index in [-0.39, 0.29) is 11.8 Å². The Bertz CT molecular complexity index is 537. The lowest BCUT2D eigenvalue weighted by Gasteiger charge is -2.18. The van der Waals surface area contributed by atoms with Crippen LogP contribution in [0.25, 0.3) is 0 Å². The van der Waals surface area contributed by atoms with Gasteiger partial charge in [0.1, 0.15) is 0 Å². The molecule has 0 bridgehead atoms. The average Bonchev–Trinajstić information content (AvgIpc) is 2.92. The molecule has 2 amide bonds. The van der Waals surface area contributed by atoms with E-state index in [2.05, 4.69) is 29.4 Å². The lowest BCUT2D eigenvalue weighted by molar-refractivity contribution is 0.249. The number of anilines is 1. The van der Waals surface area contributed by atoms with Crippen LogP contribution < -0.4 is 15.4 Å². The number of amides is 2. The van der Waals surface area contributed by atoms with Crippen LogP contribution >= 0.6 is 0 Å². The Morgan fingerprint density at radius 1 is 1.48 bits per heavy atom. The summed E-state index contributed by atoms with van der Waals surface area (Å²) in [6.07, 6.45) is 1.10. The van der Waals surface area contributed by atoms with Gasteiger partial charge in [0.15, 0.2) is 11.6 Å². The minimum absolute atomic E-state index is 0.159. The SMILES string of the molecule is COc1ccc(NC(=O)NC[C@H]2CCN(CC(C)C)C2)cc1F. The molecule has 1 aromatic rings. The van der Waals surface area contributed by atoms with Crippen molar-refractivity contribution in [2.45, 2.75) is 20.3 Å². The number of hydrogen-bond acceptors (Lipinski definition) is 3. The number of benzene rings is 1. The average molecular weight is 323 g/mol. The molecule has 1 aliphatic heterocycles. The Hall–Kier alpha value is -1.82. The number of carbonyl (C=O) groups excluding carboxylic acids is 1. The highest BCUT2D eigenvalue weighted by Gasteiger charge is 2.23. The molecule has 23 heavy (non-hydrogen) atoms. The van der Waals surface area contributed by atoms with Crippen LogP contribution in [0.15, 0.2) is 18.2 Å². The number of nitrogens with one attached hydrogen (secondary N) is 2. The normalized spacial score (nSPS) is 18.2. The fraction of sp³-hybridized carbons (Fsp3) is 0.588. The third-order valence-electron chi connectivity index (χ3n) is 3.95. The van der Waals surface area contributed by atoms with Gasteiger partial charge in [-0.2, -0.15) is 0 Å². The predicted molar refractivity (Wildman–Crippen MR) is 89.4 cm³/mol. The quantitative estimate of drug-likeness (QED) is 0.846. The highest BCUT2D eigenvalue weighted by molar-refractivity contribution is 5.89. The van der Waals surface area contributed by atoms with Crippen molar-refractivity contribution in [3.05, 3.63) is 24.0 Å². The van der Waals surface area contributed by atoms with Crippen molar-refractivity contribution in [1.82, 2.24) is 10.2 Å². The first-order chi connectivity index (χ1) is 11.0. The second kappa shape index (κ2) is 8.15. The van der Waals surface area contributed by atoms with Crippen LogP contribution in [0.3, 0.4) is 0 Å². The van der Waals surface area contributed by atoms with E-state index in [1.165, 1.54) is 19.2 Å². The van der Waals surface area contributed by atoms with Gasteiger partial charge in [-0.1, -0.05) is 13.8 Å². The Kier molecular flexibility index (Phi) is 6.21. The molecule has 0 radical (unpaired) electrons.